The molecule has 12 aromatic rings. The summed E-state index contributed by atoms with van der Waals surface area (Å²) in [5, 5.41) is 11.4. The molecule has 0 unspecified atom stereocenters. The molecule has 0 radical (unpaired) electrons. The lowest BCUT2D eigenvalue weighted by Crippen LogP contribution is -2.24. The van der Waals surface area contributed by atoms with Gasteiger partial charge in [0.2, 0.25) is 0 Å². The Hall–Kier alpha value is -10.5. The maximum atomic E-state index is 7.32. The summed E-state index contributed by atoms with van der Waals surface area (Å²) in [5.41, 5.74) is 13.7. The van der Waals surface area contributed by atoms with Crippen LogP contribution in [0.25, 0.3) is 5.69 Å². The highest BCUT2D eigenvalue weighted by Crippen LogP contribution is 2.34. The summed E-state index contributed by atoms with van der Waals surface area (Å²) >= 11 is 0. The smallest absolute Gasteiger partial charge is 0.123 e. The van der Waals surface area contributed by atoms with Crippen molar-refractivity contribution in [1.82, 2.24) is 9.78 Å². The molecule has 790 valence electrons. The van der Waals surface area contributed by atoms with Crippen LogP contribution in [0.15, 0.2) is 352 Å². The zero-order valence-electron chi connectivity index (χ0n) is 99.4. The number of rotatable bonds is 4. The van der Waals surface area contributed by atoms with Gasteiger partial charge in [0.1, 0.15) is 22.8 Å². The lowest BCUT2D eigenvalue weighted by Gasteiger charge is -2.18. The fraction of sp³-hybridized carbons (Fsp3) is 0.474. The van der Waals surface area contributed by atoms with E-state index in [1.165, 1.54) is 45.9 Å². The van der Waals surface area contributed by atoms with Gasteiger partial charge < -0.3 is 18.9 Å². The van der Waals surface area contributed by atoms with Gasteiger partial charge in [0, 0.05) is 40.0 Å². The lowest BCUT2D eigenvalue weighted by molar-refractivity contribution is 0.138. The molecule has 0 amide bonds. The number of fused-ring (bicyclic) bond motifs is 1. The maximum absolute atomic E-state index is 7.32. The molecule has 0 aliphatic carbocycles. The third kappa shape index (κ3) is 106. The van der Waals surface area contributed by atoms with Gasteiger partial charge in [0.05, 0.1) is 26.0 Å². The number of methoxy groups -OCH3 is 3. The minimum absolute atomic E-state index is 0. The quantitative estimate of drug-likeness (QED) is 0.175. The van der Waals surface area contributed by atoms with Crippen LogP contribution in [0.3, 0.4) is 0 Å². The van der Waals surface area contributed by atoms with E-state index in [-0.39, 0.29) is 13.0 Å². The van der Waals surface area contributed by atoms with E-state index < -0.39 is 0 Å². The Morgan fingerprint density at radius 1 is 0.300 bits per heavy atom. The summed E-state index contributed by atoms with van der Waals surface area (Å²) in [5.74, 6) is 2.87. The minimum atomic E-state index is 0. The Kier molecular flexibility index (Phi) is 109. The standard InChI is InChI=1S/C11H16.C10H12O.5C10H14.C9H8N2.2C7H8O.C6H6.2C5H12.C2H3N.C2H6O.9C2H6.CH4/c1-11(2,3)9-10-7-5-4-6-8-10;1-10(2)7-8-5-3-4-6-9(8)11-10;5*1-10(2,3)9-7-5-4-6-8-9;1-2-5-9(6-3-1)11-8-4-7-10-11;2*1-8-7-5-3-2-4-6-7;1-2-4-6-5-3-1;2*1-5(2,3)4;1-2-3;1-3-2;9*1-2;/h4-8H,9H2,1-3H3;3-6H,7H2,1-2H3;5*4-8H,1-3H3;1-8H;2*2-6H,1H3;1-6H;2*1-4H3;1H3;1-2H3;9*1-2H3;1H4. The Bertz CT molecular complexity index is 3940. The van der Waals surface area contributed by atoms with Gasteiger partial charge in [-0.1, -0.05) is 603 Å². The summed E-state index contributed by atoms with van der Waals surface area (Å²) in [7, 11) is 6.57. The van der Waals surface area contributed by atoms with Gasteiger partial charge in [-0.05, 0) is 151 Å². The SMILES string of the molecule is C.CC.CC.CC.CC.CC.CC.CC.CC.CC.CC#N.CC(C)(C)C.CC(C)(C)C.CC(C)(C)Cc1ccccc1.CC(C)(C)c1ccccc1.CC(C)(C)c1ccccc1.CC(C)(C)c1ccccc1.CC(C)(C)c1ccccc1.CC(C)(C)c1ccccc1.CC1(C)Cc2ccccc2O1.COC.COc1ccccc1.COc1ccccc1.c1ccc(-n2cccn2)cc1.c1ccccc1. The molecule has 140 heavy (non-hydrogen) atoms. The summed E-state index contributed by atoms with van der Waals surface area (Å²) in [6.07, 6.45) is 5.89. The van der Waals surface area contributed by atoms with Gasteiger partial charge in [-0.2, -0.15) is 10.4 Å². The van der Waals surface area contributed by atoms with Crippen molar-refractivity contribution in [3.05, 3.63) is 391 Å². The van der Waals surface area contributed by atoms with Crippen LogP contribution < -0.4 is 14.2 Å². The molecule has 7 nitrogen and oxygen atoms in total. The van der Waals surface area contributed by atoms with Crippen LogP contribution in [0.2, 0.25) is 0 Å². The van der Waals surface area contributed by atoms with Crippen molar-refractivity contribution in [3.63, 3.8) is 0 Å². The molecule has 0 saturated carbocycles. The topological polar surface area (TPSA) is 78.5 Å². The number of benzene rings is 11. The van der Waals surface area contributed by atoms with E-state index in [0.717, 1.165) is 35.8 Å². The second-order valence-electron chi connectivity index (χ2n) is 39.1. The van der Waals surface area contributed by atoms with Crippen LogP contribution >= 0.6 is 0 Å². The average Bonchev–Trinajstić information content (AvgIpc) is 1.67. The van der Waals surface area contributed by atoms with Crippen molar-refractivity contribution >= 4 is 0 Å². The first kappa shape index (κ1) is 155. The third-order valence-electron chi connectivity index (χ3n) is 15.9. The van der Waals surface area contributed by atoms with E-state index in [1.807, 2.05) is 281 Å². The molecule has 1 aliphatic rings. The normalized spacial score (nSPS) is 10.0. The van der Waals surface area contributed by atoms with Crippen molar-refractivity contribution in [2.45, 2.75) is 378 Å². The molecule has 1 aliphatic heterocycles. The fourth-order valence-corrected chi connectivity index (χ4v) is 9.94. The molecule has 2 heterocycles. The van der Waals surface area contributed by atoms with Crippen molar-refractivity contribution in [3.8, 4) is 29.0 Å². The largest absolute Gasteiger partial charge is 0.497 e. The molecule has 0 saturated heterocycles. The predicted molar refractivity (Wildman–Crippen MR) is 639 cm³/mol. The van der Waals surface area contributed by atoms with Crippen LogP contribution in [-0.4, -0.2) is 43.8 Å². The highest BCUT2D eigenvalue weighted by Gasteiger charge is 2.29. The second kappa shape index (κ2) is 98.7. The van der Waals surface area contributed by atoms with Crippen LogP contribution in [0.5, 0.6) is 17.2 Å². The minimum Gasteiger partial charge on any atom is -0.497 e. The Labute approximate surface area is 871 Å². The number of aromatic nitrogens is 2. The van der Waals surface area contributed by atoms with Crippen molar-refractivity contribution in [2.75, 3.05) is 28.4 Å². The molecule has 13 rings (SSSR count). The molecule has 7 heteroatoms. The maximum Gasteiger partial charge on any atom is 0.123 e. The van der Waals surface area contributed by atoms with Crippen LogP contribution in [0, 0.1) is 27.6 Å². The molecule has 0 bridgehead atoms. The lowest BCUT2D eigenvalue weighted by atomic mass is 9.87. The molecule has 1 aromatic heterocycles. The average molecular weight is 1920 g/mol. The van der Waals surface area contributed by atoms with Gasteiger partial charge in [-0.15, -0.1) is 0 Å². The van der Waals surface area contributed by atoms with Crippen molar-refractivity contribution in [2.24, 2.45) is 16.2 Å². The van der Waals surface area contributed by atoms with E-state index in [1.54, 1.807) is 40.7 Å². The van der Waals surface area contributed by atoms with Crippen LogP contribution in [0.1, 0.15) is 372 Å². The number of nitriles is 1. The Balaban J connectivity index is -0.000000125. The Morgan fingerprint density at radius 3 is 0.657 bits per heavy atom. The first-order valence-corrected chi connectivity index (χ1v) is 51.5. The summed E-state index contributed by atoms with van der Waals surface area (Å²) in [6.45, 7) is 99.3. The fourth-order valence-electron chi connectivity index (χ4n) is 9.94. The molecule has 11 aromatic carbocycles. The van der Waals surface area contributed by atoms with Crippen molar-refractivity contribution < 1.29 is 18.9 Å². The third-order valence-corrected chi connectivity index (χ3v) is 15.9. The van der Waals surface area contributed by atoms with E-state index in [9.17, 15) is 0 Å². The zero-order chi connectivity index (χ0) is 110. The Morgan fingerprint density at radius 2 is 0.486 bits per heavy atom. The first-order chi connectivity index (χ1) is 65.4. The van der Waals surface area contributed by atoms with Gasteiger partial charge >= 0.3 is 0 Å². The first-order valence-electron chi connectivity index (χ1n) is 51.5. The van der Waals surface area contributed by atoms with Gasteiger partial charge in [0.25, 0.3) is 0 Å². The van der Waals surface area contributed by atoms with E-state index in [4.69, 9.17) is 19.5 Å². The zero-order valence-corrected chi connectivity index (χ0v) is 99.4. The molecular formula is C133H219N3O4. The summed E-state index contributed by atoms with van der Waals surface area (Å²) in [6, 6.07) is 117. The highest BCUT2D eigenvalue weighted by atomic mass is 16.5. The predicted octanol–water partition coefficient (Wildman–Crippen LogP) is 42.3. The molecule has 0 spiro atoms. The highest BCUT2D eigenvalue weighted by molar-refractivity contribution is 5.39. The van der Waals surface area contributed by atoms with E-state index in [2.05, 4.69) is 398 Å². The summed E-state index contributed by atoms with van der Waals surface area (Å²) < 4.78 is 21.6. The van der Waals surface area contributed by atoms with Gasteiger partial charge in [-0.25, -0.2) is 4.68 Å². The van der Waals surface area contributed by atoms with Gasteiger partial charge in [-0.3, -0.25) is 0 Å². The van der Waals surface area contributed by atoms with Crippen molar-refractivity contribution in [1.29, 1.82) is 5.26 Å². The molecule has 0 N–H and O–H groups in total. The van der Waals surface area contributed by atoms with Gasteiger partial charge in [0.15, 0.2) is 0 Å². The van der Waals surface area contributed by atoms with Crippen LogP contribution in [0.4, 0.5) is 0 Å². The van der Waals surface area contributed by atoms with E-state index >= 15 is 0 Å². The number of para-hydroxylation sites is 4. The summed E-state index contributed by atoms with van der Waals surface area (Å²) in [4.78, 5) is 0. The van der Waals surface area contributed by atoms with E-state index in [0.29, 0.717) is 43.3 Å². The number of hydrogen-bond acceptors (Lipinski definition) is 6. The molecule has 0 atom stereocenters. The van der Waals surface area contributed by atoms with Crippen LogP contribution in [-0.2, 0) is 44.7 Å². The monoisotopic (exact) mass is 1920 g/mol. The number of ether oxygens (including phenoxy) is 4. The molecular weight excluding hydrogens is 1700 g/mol. The number of nitrogens with zero attached hydrogens (tertiary/aromatic N) is 3. The molecule has 0 fully saturated rings. The number of hydrogen-bond donors (Lipinski definition) is 0. The second-order valence-corrected chi connectivity index (χ2v) is 39.1.